The van der Waals surface area contributed by atoms with Gasteiger partial charge in [0.15, 0.2) is 11.8 Å². The molecule has 0 aliphatic carbocycles. The summed E-state index contributed by atoms with van der Waals surface area (Å²) in [6.45, 7) is 9.56. The number of thiazole rings is 1. The Morgan fingerprint density at radius 3 is 2.59 bits per heavy atom. The molecule has 9 nitrogen and oxygen atoms in total. The van der Waals surface area contributed by atoms with E-state index in [4.69, 9.17) is 25.8 Å². The second-order valence-electron chi connectivity index (χ2n) is 10.8. The molecule has 1 amide bonds. The molecular formula is C29H38ClN3O6SSi. The predicted molar refractivity (Wildman–Crippen MR) is 163 cm³/mol. The third-order valence-electron chi connectivity index (χ3n) is 6.27. The highest BCUT2D eigenvalue weighted by atomic mass is 35.5. The number of pyridine rings is 1. The Hall–Kier alpha value is -2.83. The molecule has 0 aliphatic rings. The van der Waals surface area contributed by atoms with Gasteiger partial charge in [-0.15, -0.1) is 11.3 Å². The number of aromatic carboxylic acids is 1. The minimum absolute atomic E-state index is 0.000667. The van der Waals surface area contributed by atoms with Crippen LogP contribution in [0.4, 0.5) is 0 Å². The molecule has 0 saturated carbocycles. The number of carbonyl (C=O) groups excluding carboxylic acids is 1. The van der Waals surface area contributed by atoms with Gasteiger partial charge in [-0.3, -0.25) is 4.79 Å². The van der Waals surface area contributed by atoms with Gasteiger partial charge < -0.3 is 24.2 Å². The predicted octanol–water partition coefficient (Wildman–Crippen LogP) is 6.24. The van der Waals surface area contributed by atoms with E-state index in [1.165, 1.54) is 18.4 Å². The lowest BCUT2D eigenvalue weighted by molar-refractivity contribution is -0.155. The normalized spacial score (nSPS) is 12.2. The quantitative estimate of drug-likeness (QED) is 0.114. The van der Waals surface area contributed by atoms with Gasteiger partial charge in [-0.25, -0.2) is 14.8 Å². The molecule has 1 N–H and O–H groups in total. The van der Waals surface area contributed by atoms with Crippen LogP contribution in [-0.2, 0) is 27.2 Å². The summed E-state index contributed by atoms with van der Waals surface area (Å²) in [6, 6.07) is 12.0. The van der Waals surface area contributed by atoms with E-state index in [0.717, 1.165) is 11.6 Å². The maximum atomic E-state index is 14.1. The van der Waals surface area contributed by atoms with Crippen LogP contribution in [-0.4, -0.2) is 67.0 Å². The number of halogens is 1. The molecule has 0 fully saturated rings. The first kappa shape index (κ1) is 32.7. The molecule has 2 heterocycles. The lowest BCUT2D eigenvalue weighted by Gasteiger charge is -2.27. The average Bonchev–Trinajstić information content (AvgIpc) is 3.29. The van der Waals surface area contributed by atoms with Crippen LogP contribution >= 0.6 is 22.9 Å². The highest BCUT2D eigenvalue weighted by Gasteiger charge is 2.29. The molecule has 2 aromatic heterocycles. The largest absolute Gasteiger partial charge is 0.481 e. The van der Waals surface area contributed by atoms with E-state index < -0.39 is 20.1 Å². The monoisotopic (exact) mass is 619 g/mol. The zero-order valence-electron chi connectivity index (χ0n) is 24.2. The zero-order valence-corrected chi connectivity index (χ0v) is 26.8. The van der Waals surface area contributed by atoms with Crippen LogP contribution < -0.4 is 4.74 Å². The molecule has 0 radical (unpaired) electrons. The Morgan fingerprint density at radius 1 is 1.20 bits per heavy atom. The second-order valence-corrected chi connectivity index (χ2v) is 18.2. The van der Waals surface area contributed by atoms with Gasteiger partial charge in [0, 0.05) is 49.0 Å². The number of nitrogens with zero attached hydrogens (tertiary/aromatic N) is 3. The standard InChI is InChI=1S/C29H38ClN3O6SSi/c1-20-26(29(35)36)32-25(40-20)18-33(13-7-9-21-8-6-10-23(30)16-21)28(34)27(22-11-12-24(37-2)31-17-22)39-19-38-14-15-41(3,4)5/h6,8,10-12,16-17,27H,7,9,13-15,18-19H2,1-5H3,(H,35,36)/t27-/m1/s1. The number of ether oxygens (including phenoxy) is 3. The van der Waals surface area contributed by atoms with Crippen molar-refractivity contribution >= 4 is 42.9 Å². The fourth-order valence-electron chi connectivity index (χ4n) is 4.01. The first-order chi connectivity index (χ1) is 19.5. The van der Waals surface area contributed by atoms with Gasteiger partial charge in [0.1, 0.15) is 11.8 Å². The van der Waals surface area contributed by atoms with Crippen LogP contribution in [0.5, 0.6) is 5.88 Å². The number of carboxylic acid groups (broad SMARTS) is 1. The number of hydrogen-bond donors (Lipinski definition) is 1. The number of aromatic nitrogens is 2. The third-order valence-corrected chi connectivity index (χ3v) is 9.17. The van der Waals surface area contributed by atoms with Crippen molar-refractivity contribution in [3.8, 4) is 5.88 Å². The Kier molecular flexibility index (Phi) is 12.3. The number of carbonyl (C=O) groups is 2. The second kappa shape index (κ2) is 15.4. The summed E-state index contributed by atoms with van der Waals surface area (Å²) >= 11 is 7.42. The lowest BCUT2D eigenvalue weighted by Crippen LogP contribution is -2.37. The van der Waals surface area contributed by atoms with Crippen LogP contribution in [0.2, 0.25) is 30.7 Å². The molecule has 0 unspecified atom stereocenters. The van der Waals surface area contributed by atoms with Crippen LogP contribution in [0.1, 0.15) is 44.0 Å². The van der Waals surface area contributed by atoms with Crippen molar-refractivity contribution in [1.29, 1.82) is 0 Å². The summed E-state index contributed by atoms with van der Waals surface area (Å²) in [5, 5.41) is 10.7. The highest BCUT2D eigenvalue weighted by Crippen LogP contribution is 2.25. The average molecular weight is 620 g/mol. The van der Waals surface area contributed by atoms with Gasteiger partial charge in [0.2, 0.25) is 5.88 Å². The number of amides is 1. The van der Waals surface area contributed by atoms with E-state index in [1.807, 2.05) is 24.3 Å². The number of benzene rings is 1. The van der Waals surface area contributed by atoms with Gasteiger partial charge in [-0.1, -0.05) is 43.4 Å². The number of rotatable bonds is 16. The maximum Gasteiger partial charge on any atom is 0.355 e. The Morgan fingerprint density at radius 2 is 1.98 bits per heavy atom. The van der Waals surface area contributed by atoms with Gasteiger partial charge in [-0.2, -0.15) is 0 Å². The number of hydrogen-bond acceptors (Lipinski definition) is 8. The minimum Gasteiger partial charge on any atom is -0.481 e. The molecular weight excluding hydrogens is 582 g/mol. The SMILES string of the molecule is COc1ccc([C@@H](OCOCC[Si](C)(C)C)C(=O)N(CCCc2cccc(Cl)c2)Cc2nc(C(=O)O)c(C)s2)cn1. The molecule has 41 heavy (non-hydrogen) atoms. The van der Waals surface area contributed by atoms with Crippen molar-refractivity contribution in [2.45, 2.75) is 58.1 Å². The first-order valence-electron chi connectivity index (χ1n) is 13.4. The molecule has 0 spiro atoms. The number of aryl methyl sites for hydroxylation is 2. The van der Waals surface area contributed by atoms with E-state index in [1.54, 1.807) is 30.2 Å². The fraction of sp³-hybridized carbons (Fsp3) is 0.448. The molecule has 1 aromatic carbocycles. The molecule has 1 atom stereocenters. The third kappa shape index (κ3) is 10.5. The Balaban J connectivity index is 1.83. The molecule has 12 heteroatoms. The summed E-state index contributed by atoms with van der Waals surface area (Å²) in [7, 11) is 0.240. The lowest BCUT2D eigenvalue weighted by atomic mass is 10.1. The van der Waals surface area contributed by atoms with Crippen LogP contribution in [0.25, 0.3) is 0 Å². The molecule has 3 aromatic rings. The topological polar surface area (TPSA) is 111 Å². The van der Waals surface area contributed by atoms with E-state index in [-0.39, 0.29) is 24.9 Å². The summed E-state index contributed by atoms with van der Waals surface area (Å²) in [6.07, 6.45) is 1.94. The van der Waals surface area contributed by atoms with Gasteiger partial charge >= 0.3 is 5.97 Å². The van der Waals surface area contributed by atoms with Crippen molar-refractivity contribution in [1.82, 2.24) is 14.9 Å². The zero-order chi connectivity index (χ0) is 30.0. The summed E-state index contributed by atoms with van der Waals surface area (Å²) < 4.78 is 17.0. The van der Waals surface area contributed by atoms with Gasteiger partial charge in [-0.05, 0) is 49.6 Å². The molecule has 0 saturated heterocycles. The summed E-state index contributed by atoms with van der Waals surface area (Å²) in [4.78, 5) is 36.5. The van der Waals surface area contributed by atoms with Gasteiger partial charge in [0.05, 0.1) is 13.7 Å². The van der Waals surface area contributed by atoms with E-state index in [0.29, 0.717) is 52.3 Å². The van der Waals surface area contributed by atoms with Crippen LogP contribution in [0, 0.1) is 6.92 Å². The van der Waals surface area contributed by atoms with E-state index >= 15 is 0 Å². The van der Waals surface area contributed by atoms with Crippen LogP contribution in [0.15, 0.2) is 42.6 Å². The number of methoxy groups -OCH3 is 1. The Bertz CT molecular complexity index is 1300. The maximum absolute atomic E-state index is 14.1. The van der Waals surface area contributed by atoms with Crippen molar-refractivity contribution in [3.63, 3.8) is 0 Å². The summed E-state index contributed by atoms with van der Waals surface area (Å²) in [5.74, 6) is -0.962. The molecule has 3 rings (SSSR count). The van der Waals surface area contributed by atoms with Crippen molar-refractivity contribution in [2.24, 2.45) is 0 Å². The number of carboxylic acids is 1. The van der Waals surface area contributed by atoms with E-state index in [2.05, 4.69) is 29.6 Å². The van der Waals surface area contributed by atoms with Crippen LogP contribution in [0.3, 0.4) is 0 Å². The van der Waals surface area contributed by atoms with Gasteiger partial charge in [0.25, 0.3) is 5.91 Å². The smallest absolute Gasteiger partial charge is 0.355 e. The van der Waals surface area contributed by atoms with Crippen molar-refractivity contribution in [2.75, 3.05) is 27.1 Å². The summed E-state index contributed by atoms with van der Waals surface area (Å²) in [5.41, 5.74) is 1.62. The molecule has 0 bridgehead atoms. The fourth-order valence-corrected chi connectivity index (χ4v) is 5.92. The Labute approximate surface area is 251 Å². The van der Waals surface area contributed by atoms with Crippen molar-refractivity contribution < 1.29 is 28.9 Å². The van der Waals surface area contributed by atoms with Crippen molar-refractivity contribution in [3.05, 3.63) is 74.3 Å². The minimum atomic E-state index is -1.28. The first-order valence-corrected chi connectivity index (χ1v) is 18.3. The highest BCUT2D eigenvalue weighted by molar-refractivity contribution is 7.11. The van der Waals surface area contributed by atoms with E-state index in [9.17, 15) is 14.7 Å². The molecule has 222 valence electrons. The molecule has 0 aliphatic heterocycles.